The Bertz CT molecular complexity index is 317. The fourth-order valence-electron chi connectivity index (χ4n) is 1.23. The molecule has 1 rings (SSSR count). The van der Waals surface area contributed by atoms with Crippen LogP contribution in [-0.4, -0.2) is 24.9 Å². The smallest absolute Gasteiger partial charge is 0.123 e. The maximum atomic E-state index is 8.89. The molecule has 0 saturated heterocycles. The summed E-state index contributed by atoms with van der Waals surface area (Å²) in [5, 5.41) is 12.1. The zero-order valence-electron chi connectivity index (χ0n) is 8.96. The summed E-state index contributed by atoms with van der Waals surface area (Å²) in [5.74, 6) is 0.857. The van der Waals surface area contributed by atoms with E-state index in [0.717, 1.165) is 15.8 Å². The van der Waals surface area contributed by atoms with Crippen LogP contribution in [0.2, 0.25) is 0 Å². The Morgan fingerprint density at radius 3 is 2.87 bits per heavy atom. The lowest BCUT2D eigenvalue weighted by molar-refractivity contribution is 0.250. The summed E-state index contributed by atoms with van der Waals surface area (Å²) in [6.07, 6.45) is 0. The van der Waals surface area contributed by atoms with Crippen LogP contribution in [-0.2, 0) is 6.54 Å². The van der Waals surface area contributed by atoms with E-state index in [9.17, 15) is 0 Å². The number of hydrogen-bond donors (Lipinski definition) is 2. The second-order valence-electron chi connectivity index (χ2n) is 3.42. The molecule has 0 heterocycles. The first kappa shape index (κ1) is 12.5. The molecule has 84 valence electrons. The first-order valence-corrected chi connectivity index (χ1v) is 5.63. The molecule has 0 amide bonds. The quantitative estimate of drug-likeness (QED) is 0.862. The molecule has 0 aliphatic rings. The highest BCUT2D eigenvalue weighted by molar-refractivity contribution is 9.10. The minimum atomic E-state index is 0.0914. The number of rotatable bonds is 5. The van der Waals surface area contributed by atoms with E-state index in [2.05, 4.69) is 21.2 Å². The van der Waals surface area contributed by atoms with E-state index in [0.29, 0.717) is 6.54 Å². The molecule has 0 aromatic heterocycles. The fraction of sp³-hybridized carbons (Fsp3) is 0.455. The highest BCUT2D eigenvalue weighted by Gasteiger charge is 2.05. The summed E-state index contributed by atoms with van der Waals surface area (Å²) in [7, 11) is 1.65. The molecule has 0 bridgehead atoms. The predicted molar refractivity (Wildman–Crippen MR) is 64.1 cm³/mol. The van der Waals surface area contributed by atoms with Crippen molar-refractivity contribution < 1.29 is 9.84 Å². The lowest BCUT2D eigenvalue weighted by Gasteiger charge is -2.13. The largest absolute Gasteiger partial charge is 0.496 e. The van der Waals surface area contributed by atoms with Gasteiger partial charge in [0, 0.05) is 22.6 Å². The lowest BCUT2D eigenvalue weighted by Crippen LogP contribution is -2.28. The number of benzene rings is 1. The second-order valence-corrected chi connectivity index (χ2v) is 4.34. The first-order valence-electron chi connectivity index (χ1n) is 4.84. The number of aliphatic hydroxyl groups excluding tert-OH is 1. The van der Waals surface area contributed by atoms with Crippen LogP contribution in [0.3, 0.4) is 0 Å². The minimum Gasteiger partial charge on any atom is -0.496 e. The normalized spacial score (nSPS) is 12.5. The second kappa shape index (κ2) is 6.10. The maximum Gasteiger partial charge on any atom is 0.123 e. The van der Waals surface area contributed by atoms with Crippen LogP contribution in [0.4, 0.5) is 0 Å². The number of ether oxygens (including phenoxy) is 1. The third-order valence-corrected chi connectivity index (χ3v) is 2.65. The summed E-state index contributed by atoms with van der Waals surface area (Å²) < 4.78 is 6.27. The average Bonchev–Trinajstić information content (AvgIpc) is 2.26. The molecule has 4 heteroatoms. The molecular formula is C11H16BrNO2. The van der Waals surface area contributed by atoms with Gasteiger partial charge < -0.3 is 15.2 Å². The van der Waals surface area contributed by atoms with Crippen molar-refractivity contribution in [2.75, 3.05) is 13.7 Å². The third kappa shape index (κ3) is 3.81. The highest BCUT2D eigenvalue weighted by atomic mass is 79.9. The van der Waals surface area contributed by atoms with Crippen LogP contribution < -0.4 is 10.1 Å². The van der Waals surface area contributed by atoms with Crippen molar-refractivity contribution in [3.8, 4) is 5.75 Å². The molecular weight excluding hydrogens is 258 g/mol. The summed E-state index contributed by atoms with van der Waals surface area (Å²) in [5.41, 5.74) is 1.08. The number of hydrogen-bond acceptors (Lipinski definition) is 3. The SMILES string of the molecule is COc1ccc(Br)cc1CNC(C)CO. The molecule has 1 aromatic carbocycles. The van der Waals surface area contributed by atoms with Crippen LogP contribution >= 0.6 is 15.9 Å². The van der Waals surface area contributed by atoms with E-state index in [1.807, 2.05) is 25.1 Å². The van der Waals surface area contributed by atoms with Gasteiger partial charge in [-0.25, -0.2) is 0 Å². The molecule has 1 unspecified atom stereocenters. The Balaban J connectivity index is 2.69. The van der Waals surface area contributed by atoms with Gasteiger partial charge in [-0.05, 0) is 25.1 Å². The van der Waals surface area contributed by atoms with Crippen molar-refractivity contribution in [1.29, 1.82) is 0 Å². The van der Waals surface area contributed by atoms with E-state index in [1.54, 1.807) is 7.11 Å². The zero-order chi connectivity index (χ0) is 11.3. The number of methoxy groups -OCH3 is 1. The zero-order valence-corrected chi connectivity index (χ0v) is 10.5. The molecule has 0 saturated carbocycles. The minimum absolute atomic E-state index is 0.0914. The molecule has 0 aliphatic heterocycles. The van der Waals surface area contributed by atoms with Crippen LogP contribution in [0.5, 0.6) is 5.75 Å². The van der Waals surface area contributed by atoms with Gasteiger partial charge in [0.25, 0.3) is 0 Å². The van der Waals surface area contributed by atoms with Gasteiger partial charge in [0.05, 0.1) is 13.7 Å². The Hall–Kier alpha value is -0.580. The Morgan fingerprint density at radius 1 is 1.53 bits per heavy atom. The fourth-order valence-corrected chi connectivity index (χ4v) is 1.64. The van der Waals surface area contributed by atoms with Crippen molar-refractivity contribution in [2.24, 2.45) is 0 Å². The van der Waals surface area contributed by atoms with E-state index in [1.165, 1.54) is 0 Å². The van der Waals surface area contributed by atoms with E-state index in [-0.39, 0.29) is 12.6 Å². The van der Waals surface area contributed by atoms with Gasteiger partial charge >= 0.3 is 0 Å². The van der Waals surface area contributed by atoms with Gasteiger partial charge in [-0.1, -0.05) is 15.9 Å². The Morgan fingerprint density at radius 2 is 2.27 bits per heavy atom. The van der Waals surface area contributed by atoms with E-state index < -0.39 is 0 Å². The third-order valence-electron chi connectivity index (χ3n) is 2.16. The molecule has 0 radical (unpaired) electrons. The van der Waals surface area contributed by atoms with Crippen molar-refractivity contribution in [2.45, 2.75) is 19.5 Å². The maximum absolute atomic E-state index is 8.89. The van der Waals surface area contributed by atoms with Crippen molar-refractivity contribution in [3.63, 3.8) is 0 Å². The van der Waals surface area contributed by atoms with Crippen molar-refractivity contribution in [3.05, 3.63) is 28.2 Å². The van der Waals surface area contributed by atoms with Crippen LogP contribution in [0.15, 0.2) is 22.7 Å². The summed E-state index contributed by atoms with van der Waals surface area (Å²) in [6.45, 7) is 2.76. The Labute approximate surface area is 98.6 Å². The average molecular weight is 274 g/mol. The molecule has 15 heavy (non-hydrogen) atoms. The molecule has 2 N–H and O–H groups in total. The van der Waals surface area contributed by atoms with E-state index in [4.69, 9.17) is 9.84 Å². The lowest BCUT2D eigenvalue weighted by atomic mass is 10.2. The molecule has 1 atom stereocenters. The summed E-state index contributed by atoms with van der Waals surface area (Å²) >= 11 is 3.42. The number of halogens is 1. The highest BCUT2D eigenvalue weighted by Crippen LogP contribution is 2.22. The Kier molecular flexibility index (Phi) is 5.08. The van der Waals surface area contributed by atoms with Gasteiger partial charge in [-0.15, -0.1) is 0 Å². The van der Waals surface area contributed by atoms with E-state index >= 15 is 0 Å². The standard InChI is InChI=1S/C11H16BrNO2/c1-8(7-14)13-6-9-5-10(12)3-4-11(9)15-2/h3-5,8,13-14H,6-7H2,1-2H3. The number of nitrogens with one attached hydrogen (secondary N) is 1. The summed E-state index contributed by atoms with van der Waals surface area (Å²) in [6, 6.07) is 5.96. The monoisotopic (exact) mass is 273 g/mol. The first-order chi connectivity index (χ1) is 7.17. The van der Waals surface area contributed by atoms with Gasteiger partial charge in [0.15, 0.2) is 0 Å². The molecule has 3 nitrogen and oxygen atoms in total. The van der Waals surface area contributed by atoms with Gasteiger partial charge in [-0.3, -0.25) is 0 Å². The molecule has 0 spiro atoms. The van der Waals surface area contributed by atoms with Crippen LogP contribution in [0.25, 0.3) is 0 Å². The topological polar surface area (TPSA) is 41.5 Å². The summed E-state index contributed by atoms with van der Waals surface area (Å²) in [4.78, 5) is 0. The van der Waals surface area contributed by atoms with Crippen molar-refractivity contribution >= 4 is 15.9 Å². The van der Waals surface area contributed by atoms with Crippen LogP contribution in [0, 0.1) is 0 Å². The van der Waals surface area contributed by atoms with Gasteiger partial charge in [-0.2, -0.15) is 0 Å². The molecule has 1 aromatic rings. The van der Waals surface area contributed by atoms with Gasteiger partial charge in [0.1, 0.15) is 5.75 Å². The van der Waals surface area contributed by atoms with Gasteiger partial charge in [0.2, 0.25) is 0 Å². The number of aliphatic hydroxyl groups is 1. The van der Waals surface area contributed by atoms with Crippen LogP contribution in [0.1, 0.15) is 12.5 Å². The van der Waals surface area contributed by atoms with Crippen molar-refractivity contribution in [1.82, 2.24) is 5.32 Å². The molecule has 0 aliphatic carbocycles. The molecule has 0 fully saturated rings. The predicted octanol–water partition coefficient (Wildman–Crippen LogP) is 1.93.